The van der Waals surface area contributed by atoms with Crippen LogP contribution in [0.4, 0.5) is 24.7 Å². The van der Waals surface area contributed by atoms with E-state index in [9.17, 15) is 18.0 Å². The summed E-state index contributed by atoms with van der Waals surface area (Å²) in [5, 5.41) is 5.60. The van der Waals surface area contributed by atoms with Crippen LogP contribution in [-0.2, 0) is 17.5 Å². The number of halogens is 3. The number of hydrogen-bond donors (Lipinski definition) is 2. The molecule has 11 heteroatoms. The molecule has 35 heavy (non-hydrogen) atoms. The highest BCUT2D eigenvalue weighted by atomic mass is 19.4. The minimum absolute atomic E-state index is 0.00166. The average molecular weight is 488 g/mol. The third-order valence-corrected chi connectivity index (χ3v) is 5.20. The van der Waals surface area contributed by atoms with Crippen molar-refractivity contribution in [2.45, 2.75) is 25.2 Å². The molecule has 184 valence electrons. The van der Waals surface area contributed by atoms with Crippen molar-refractivity contribution in [1.29, 1.82) is 0 Å². The summed E-state index contributed by atoms with van der Waals surface area (Å²) in [5.41, 5.74) is 0.0230. The Morgan fingerprint density at radius 1 is 1.17 bits per heavy atom. The number of carbonyl (C=O) groups is 1. The van der Waals surface area contributed by atoms with Crippen LogP contribution in [-0.4, -0.2) is 42.3 Å². The molecule has 3 aromatic rings. The second-order valence-electron chi connectivity index (χ2n) is 7.76. The maximum atomic E-state index is 13.5. The molecule has 1 atom stereocenters. The molecule has 1 fully saturated rings. The molecule has 0 aliphatic carbocycles. The highest BCUT2D eigenvalue weighted by Crippen LogP contribution is 2.35. The van der Waals surface area contributed by atoms with E-state index in [1.807, 2.05) is 0 Å². The number of hydrogen-bond acceptors (Lipinski definition) is 7. The Morgan fingerprint density at radius 2 is 2.03 bits per heavy atom. The molecular formula is C24H23F3N4O4. The van der Waals surface area contributed by atoms with E-state index in [1.54, 1.807) is 24.4 Å². The van der Waals surface area contributed by atoms with Crippen molar-refractivity contribution in [3.05, 3.63) is 71.5 Å². The first-order valence-electron chi connectivity index (χ1n) is 10.8. The lowest BCUT2D eigenvalue weighted by molar-refractivity contribution is -0.137. The van der Waals surface area contributed by atoms with Gasteiger partial charge in [-0.1, -0.05) is 0 Å². The van der Waals surface area contributed by atoms with Crippen LogP contribution in [0, 0.1) is 0 Å². The van der Waals surface area contributed by atoms with Crippen LogP contribution in [0.2, 0.25) is 0 Å². The van der Waals surface area contributed by atoms with Gasteiger partial charge in [-0.2, -0.15) is 13.2 Å². The minimum Gasteiger partial charge on any atom is -0.488 e. The number of methoxy groups -OCH3 is 1. The van der Waals surface area contributed by atoms with Crippen LogP contribution < -0.4 is 20.1 Å². The van der Waals surface area contributed by atoms with Crippen molar-refractivity contribution in [3.8, 4) is 11.6 Å². The third kappa shape index (κ3) is 6.38. The summed E-state index contributed by atoms with van der Waals surface area (Å²) in [5.74, 6) is 0.0894. The van der Waals surface area contributed by atoms with Crippen molar-refractivity contribution >= 4 is 17.4 Å². The fourth-order valence-corrected chi connectivity index (χ4v) is 3.49. The van der Waals surface area contributed by atoms with Crippen molar-refractivity contribution < 1.29 is 32.2 Å². The Kier molecular flexibility index (Phi) is 7.35. The fraction of sp³-hybridized carbons (Fsp3) is 0.292. The molecule has 0 bridgehead atoms. The largest absolute Gasteiger partial charge is 0.488 e. The maximum absolute atomic E-state index is 13.5. The Labute approximate surface area is 199 Å². The zero-order valence-electron chi connectivity index (χ0n) is 18.8. The lowest BCUT2D eigenvalue weighted by Crippen LogP contribution is -2.18. The van der Waals surface area contributed by atoms with Gasteiger partial charge in [0.2, 0.25) is 5.88 Å². The van der Waals surface area contributed by atoms with Gasteiger partial charge in [0.1, 0.15) is 17.7 Å². The summed E-state index contributed by atoms with van der Waals surface area (Å²) >= 11 is 0. The van der Waals surface area contributed by atoms with Gasteiger partial charge in [0.05, 0.1) is 31.5 Å². The third-order valence-electron chi connectivity index (χ3n) is 5.20. The van der Waals surface area contributed by atoms with Gasteiger partial charge in [0.25, 0.3) is 5.91 Å². The Bertz CT molecular complexity index is 1180. The lowest BCUT2D eigenvalue weighted by atomic mass is 10.1. The highest BCUT2D eigenvalue weighted by molar-refractivity contribution is 6.07. The molecule has 1 unspecified atom stereocenters. The van der Waals surface area contributed by atoms with Gasteiger partial charge in [-0.05, 0) is 35.9 Å². The molecule has 0 saturated carbocycles. The molecular weight excluding hydrogens is 465 g/mol. The number of alkyl halides is 3. The first kappa shape index (κ1) is 24.3. The van der Waals surface area contributed by atoms with Gasteiger partial charge in [-0.3, -0.25) is 4.79 Å². The molecule has 1 aromatic carbocycles. The zero-order valence-corrected chi connectivity index (χ0v) is 18.8. The van der Waals surface area contributed by atoms with Crippen molar-refractivity contribution in [1.82, 2.24) is 9.97 Å². The Morgan fingerprint density at radius 3 is 2.77 bits per heavy atom. The summed E-state index contributed by atoms with van der Waals surface area (Å²) in [6, 6.07) is 9.73. The number of nitrogens with one attached hydrogen (secondary N) is 2. The van der Waals surface area contributed by atoms with Crippen LogP contribution in [0.5, 0.6) is 11.6 Å². The number of rotatable bonds is 8. The number of amides is 1. The summed E-state index contributed by atoms with van der Waals surface area (Å²) in [4.78, 5) is 21.2. The predicted molar refractivity (Wildman–Crippen MR) is 122 cm³/mol. The summed E-state index contributed by atoms with van der Waals surface area (Å²) in [7, 11) is 1.51. The smallest absolute Gasteiger partial charge is 0.416 e. The standard InChI is InChI=1S/C24H23F3N4O4/c1-33-21-9-15(4-7-28-21)13-30-22-20(3-2-6-29-22)23(32)31-17-10-16(24(25,26)27)11-19(12-17)35-18-5-8-34-14-18/h2-4,6-7,9-12,18H,5,8,13-14H2,1H3,(H,29,30)(H,31,32). The molecule has 2 N–H and O–H groups in total. The number of pyridine rings is 2. The molecule has 1 amide bonds. The summed E-state index contributed by atoms with van der Waals surface area (Å²) in [6.45, 7) is 1.10. The number of benzene rings is 1. The number of carbonyl (C=O) groups excluding carboxylic acids is 1. The van der Waals surface area contributed by atoms with E-state index < -0.39 is 17.6 Å². The Hall–Kier alpha value is -3.86. The van der Waals surface area contributed by atoms with Gasteiger partial charge in [0, 0.05) is 43.2 Å². The predicted octanol–water partition coefficient (Wildman–Crippen LogP) is 4.54. The van der Waals surface area contributed by atoms with Crippen molar-refractivity contribution in [2.24, 2.45) is 0 Å². The second kappa shape index (κ2) is 10.6. The van der Waals surface area contributed by atoms with Gasteiger partial charge >= 0.3 is 6.18 Å². The van der Waals surface area contributed by atoms with E-state index in [1.165, 1.54) is 25.4 Å². The van der Waals surface area contributed by atoms with Crippen LogP contribution in [0.25, 0.3) is 0 Å². The quantitative estimate of drug-likeness (QED) is 0.481. The van der Waals surface area contributed by atoms with Crippen LogP contribution >= 0.6 is 0 Å². The molecule has 0 radical (unpaired) electrons. The Balaban J connectivity index is 1.53. The molecule has 2 aromatic heterocycles. The van der Waals surface area contributed by atoms with E-state index in [2.05, 4.69) is 20.6 Å². The molecule has 1 saturated heterocycles. The molecule has 8 nitrogen and oxygen atoms in total. The first-order chi connectivity index (χ1) is 16.8. The monoisotopic (exact) mass is 488 g/mol. The van der Waals surface area contributed by atoms with E-state index in [0.717, 1.165) is 17.7 Å². The van der Waals surface area contributed by atoms with E-state index in [0.29, 0.717) is 32.1 Å². The summed E-state index contributed by atoms with van der Waals surface area (Å²) in [6.07, 6.45) is -1.29. The van der Waals surface area contributed by atoms with Gasteiger partial charge in [-0.25, -0.2) is 9.97 Å². The molecule has 4 rings (SSSR count). The SMILES string of the molecule is COc1cc(CNc2ncccc2C(=O)Nc2cc(OC3CCOC3)cc(C(F)(F)F)c2)ccn1. The normalized spacial score (nSPS) is 15.5. The van der Waals surface area contributed by atoms with E-state index >= 15 is 0 Å². The van der Waals surface area contributed by atoms with Gasteiger partial charge in [0.15, 0.2) is 0 Å². The lowest BCUT2D eigenvalue weighted by Gasteiger charge is -2.17. The highest BCUT2D eigenvalue weighted by Gasteiger charge is 2.32. The van der Waals surface area contributed by atoms with Crippen molar-refractivity contribution in [3.63, 3.8) is 0 Å². The maximum Gasteiger partial charge on any atom is 0.416 e. The molecule has 3 heterocycles. The summed E-state index contributed by atoms with van der Waals surface area (Å²) < 4.78 is 56.4. The van der Waals surface area contributed by atoms with E-state index in [4.69, 9.17) is 14.2 Å². The van der Waals surface area contributed by atoms with Crippen molar-refractivity contribution in [2.75, 3.05) is 31.0 Å². The van der Waals surface area contributed by atoms with Crippen LogP contribution in [0.15, 0.2) is 54.9 Å². The number of nitrogens with zero attached hydrogens (tertiary/aromatic N) is 2. The number of anilines is 2. The second-order valence-corrected chi connectivity index (χ2v) is 7.76. The molecule has 1 aliphatic heterocycles. The first-order valence-corrected chi connectivity index (χ1v) is 10.8. The average Bonchev–Trinajstić information content (AvgIpc) is 3.35. The molecule has 0 spiro atoms. The fourth-order valence-electron chi connectivity index (χ4n) is 3.49. The minimum atomic E-state index is -4.61. The van der Waals surface area contributed by atoms with Crippen LogP contribution in [0.1, 0.15) is 27.9 Å². The number of ether oxygens (including phenoxy) is 3. The van der Waals surface area contributed by atoms with Gasteiger partial charge < -0.3 is 24.8 Å². The number of aromatic nitrogens is 2. The topological polar surface area (TPSA) is 94.6 Å². The van der Waals surface area contributed by atoms with Crippen LogP contribution in [0.3, 0.4) is 0 Å². The van der Waals surface area contributed by atoms with Gasteiger partial charge in [-0.15, -0.1) is 0 Å². The van der Waals surface area contributed by atoms with E-state index in [-0.39, 0.29) is 28.9 Å². The zero-order chi connectivity index (χ0) is 24.8. The molecule has 1 aliphatic rings.